The zero-order valence-corrected chi connectivity index (χ0v) is 5.45. The molecule has 1 rings (SSSR count). The van der Waals surface area contributed by atoms with E-state index in [1.165, 1.54) is 4.91 Å². The van der Waals surface area contributed by atoms with E-state index in [9.17, 15) is 0 Å². The van der Waals surface area contributed by atoms with Crippen LogP contribution >= 0.6 is 11.8 Å². The number of allylic oxidation sites excluding steroid dienone is 2. The molecule has 0 atom stereocenters. The molecule has 0 saturated carbocycles. The van der Waals surface area contributed by atoms with Crippen molar-refractivity contribution in [3.63, 3.8) is 0 Å². The van der Waals surface area contributed by atoms with E-state index in [1.807, 2.05) is 0 Å². The molecule has 0 aliphatic carbocycles. The number of hydrogen-bond donors (Lipinski definition) is 1. The van der Waals surface area contributed by atoms with Crippen LogP contribution in [-0.2, 0) is 0 Å². The fourth-order valence-corrected chi connectivity index (χ4v) is 1.24. The minimum absolute atomic E-state index is 0.689. The van der Waals surface area contributed by atoms with Gasteiger partial charge in [-0.15, -0.1) is 11.8 Å². The second-order valence-electron chi connectivity index (χ2n) is 1.60. The Hall–Kier alpha value is -0.210. The molecule has 0 fully saturated rings. The van der Waals surface area contributed by atoms with Gasteiger partial charge in [-0.3, -0.25) is 0 Å². The molecule has 2 heteroatoms. The average molecular weight is 127 g/mol. The first-order valence-corrected chi connectivity index (χ1v) is 3.52. The number of hydrogen-bond acceptors (Lipinski definition) is 2. The molecule has 0 unspecified atom stereocenters. The van der Waals surface area contributed by atoms with Crippen LogP contribution in [0.25, 0.3) is 0 Å². The Morgan fingerprint density at radius 3 is 3.00 bits per heavy atom. The first kappa shape index (κ1) is 5.92. The van der Waals surface area contributed by atoms with Crippen molar-refractivity contribution in [2.75, 3.05) is 6.54 Å². The molecule has 44 valence electrons. The Morgan fingerprint density at radius 1 is 1.75 bits per heavy atom. The average Bonchev–Trinajstić information content (AvgIpc) is 1.90. The summed E-state index contributed by atoms with van der Waals surface area (Å²) >= 11 is 1.72. The van der Waals surface area contributed by atoms with Crippen LogP contribution in [0.2, 0.25) is 0 Å². The number of thioether (sulfide) groups is 1. The van der Waals surface area contributed by atoms with Crippen LogP contribution in [0.1, 0.15) is 6.42 Å². The molecule has 1 nitrogen and oxygen atoms in total. The molecule has 1 heterocycles. The van der Waals surface area contributed by atoms with Gasteiger partial charge in [0.05, 0.1) is 0 Å². The van der Waals surface area contributed by atoms with E-state index in [1.54, 1.807) is 11.8 Å². The van der Waals surface area contributed by atoms with Gasteiger partial charge in [-0.2, -0.15) is 0 Å². The Labute approximate surface area is 53.6 Å². The van der Waals surface area contributed by atoms with Gasteiger partial charge in [-0.05, 0) is 16.7 Å². The van der Waals surface area contributed by atoms with E-state index in [2.05, 4.69) is 17.6 Å². The highest BCUT2D eigenvalue weighted by Crippen LogP contribution is 2.20. The lowest BCUT2D eigenvalue weighted by Gasteiger charge is -2.01. The van der Waals surface area contributed by atoms with E-state index in [0.717, 1.165) is 6.42 Å². The van der Waals surface area contributed by atoms with Crippen LogP contribution in [-0.4, -0.2) is 6.54 Å². The first-order valence-electron chi connectivity index (χ1n) is 2.64. The van der Waals surface area contributed by atoms with Crippen LogP contribution in [0, 0.1) is 0 Å². The highest BCUT2D eigenvalue weighted by molar-refractivity contribution is 8.05. The highest BCUT2D eigenvalue weighted by Gasteiger charge is 1.93. The van der Waals surface area contributed by atoms with Gasteiger partial charge in [0, 0.05) is 6.54 Å². The van der Waals surface area contributed by atoms with Gasteiger partial charge in [0.1, 0.15) is 0 Å². The molecule has 0 amide bonds. The van der Waals surface area contributed by atoms with E-state index in [-0.39, 0.29) is 0 Å². The second-order valence-corrected chi connectivity index (χ2v) is 2.63. The fourth-order valence-electron chi connectivity index (χ4n) is 0.570. The quantitative estimate of drug-likeness (QED) is 0.577. The third-order valence-corrected chi connectivity index (χ3v) is 1.96. The lowest BCUT2D eigenvalue weighted by atomic mass is 10.3. The lowest BCUT2D eigenvalue weighted by molar-refractivity contribution is 1.20. The van der Waals surface area contributed by atoms with E-state index in [4.69, 9.17) is 5.73 Å². The van der Waals surface area contributed by atoms with Gasteiger partial charge in [0.2, 0.25) is 0 Å². The summed E-state index contributed by atoms with van der Waals surface area (Å²) in [5, 5.41) is 2.09. The van der Waals surface area contributed by atoms with Gasteiger partial charge in [-0.25, -0.2) is 0 Å². The predicted octanol–water partition coefficient (Wildman–Crippen LogP) is 1.48. The third-order valence-electron chi connectivity index (χ3n) is 0.998. The smallest absolute Gasteiger partial charge is 0.0239 e. The van der Waals surface area contributed by atoms with Crippen LogP contribution in [0.5, 0.6) is 0 Å². The van der Waals surface area contributed by atoms with Crippen LogP contribution in [0.15, 0.2) is 22.5 Å². The maximum absolute atomic E-state index is 5.38. The Morgan fingerprint density at radius 2 is 2.62 bits per heavy atom. The zero-order valence-electron chi connectivity index (χ0n) is 4.63. The molecule has 0 aromatic rings. The van der Waals surface area contributed by atoms with Gasteiger partial charge < -0.3 is 5.73 Å². The molecule has 1 aliphatic heterocycles. The normalized spacial score (nSPS) is 18.4. The summed E-state index contributed by atoms with van der Waals surface area (Å²) in [4.78, 5) is 1.28. The lowest BCUT2D eigenvalue weighted by Crippen LogP contribution is -2.00. The molecule has 1 aliphatic rings. The summed E-state index contributed by atoms with van der Waals surface area (Å²) in [7, 11) is 0. The summed E-state index contributed by atoms with van der Waals surface area (Å²) in [6.07, 6.45) is 5.34. The van der Waals surface area contributed by atoms with Crippen LogP contribution in [0.3, 0.4) is 0 Å². The number of rotatable bonds is 1. The summed E-state index contributed by atoms with van der Waals surface area (Å²) in [6, 6.07) is 0. The fraction of sp³-hybridized carbons (Fsp3) is 0.333. The van der Waals surface area contributed by atoms with Crippen molar-refractivity contribution < 1.29 is 0 Å². The largest absolute Gasteiger partial charge is 0.326 e. The van der Waals surface area contributed by atoms with E-state index >= 15 is 0 Å². The standard InChI is InChI=1S/C6H9NS/c7-5-6-3-1-2-4-8-6/h2-4H,1,5,7H2. The molecular formula is C6H9NS. The Balaban J connectivity index is 2.43. The molecule has 0 bridgehead atoms. The maximum atomic E-state index is 5.38. The molecule has 0 saturated heterocycles. The highest BCUT2D eigenvalue weighted by atomic mass is 32.2. The van der Waals surface area contributed by atoms with Gasteiger partial charge in [0.15, 0.2) is 0 Å². The van der Waals surface area contributed by atoms with Crippen molar-refractivity contribution >= 4 is 11.8 Å². The molecule has 0 aromatic carbocycles. The topological polar surface area (TPSA) is 26.0 Å². The van der Waals surface area contributed by atoms with Crippen molar-refractivity contribution in [3.05, 3.63) is 22.5 Å². The van der Waals surface area contributed by atoms with Gasteiger partial charge in [0.25, 0.3) is 0 Å². The monoisotopic (exact) mass is 127 g/mol. The molecule has 8 heavy (non-hydrogen) atoms. The van der Waals surface area contributed by atoms with Crippen LogP contribution < -0.4 is 5.73 Å². The zero-order chi connectivity index (χ0) is 5.82. The van der Waals surface area contributed by atoms with E-state index in [0.29, 0.717) is 6.54 Å². The Bertz CT molecular complexity index is 126. The van der Waals surface area contributed by atoms with Crippen LogP contribution in [0.4, 0.5) is 0 Å². The molecule has 0 spiro atoms. The molecule has 2 N–H and O–H groups in total. The predicted molar refractivity (Wildman–Crippen MR) is 38.5 cm³/mol. The van der Waals surface area contributed by atoms with E-state index < -0.39 is 0 Å². The van der Waals surface area contributed by atoms with Crippen molar-refractivity contribution in [1.29, 1.82) is 0 Å². The minimum atomic E-state index is 0.689. The summed E-state index contributed by atoms with van der Waals surface area (Å²) in [5.41, 5.74) is 5.38. The SMILES string of the molecule is NCC1=CCC=CS1. The molecule has 0 radical (unpaired) electrons. The van der Waals surface area contributed by atoms with Crippen molar-refractivity contribution in [2.45, 2.75) is 6.42 Å². The summed E-state index contributed by atoms with van der Waals surface area (Å²) < 4.78 is 0. The molecule has 0 aromatic heterocycles. The van der Waals surface area contributed by atoms with Crippen molar-refractivity contribution in [2.24, 2.45) is 5.73 Å². The molecular weight excluding hydrogens is 118 g/mol. The summed E-state index contributed by atoms with van der Waals surface area (Å²) in [6.45, 7) is 0.689. The maximum Gasteiger partial charge on any atom is 0.0239 e. The first-order chi connectivity index (χ1) is 3.93. The number of nitrogens with two attached hydrogens (primary N) is 1. The third kappa shape index (κ3) is 1.39. The van der Waals surface area contributed by atoms with Gasteiger partial charge >= 0.3 is 0 Å². The Kier molecular flexibility index (Phi) is 2.18. The van der Waals surface area contributed by atoms with Crippen molar-refractivity contribution in [1.82, 2.24) is 0 Å². The minimum Gasteiger partial charge on any atom is -0.326 e. The van der Waals surface area contributed by atoms with Crippen molar-refractivity contribution in [3.8, 4) is 0 Å². The van der Waals surface area contributed by atoms with Gasteiger partial charge in [-0.1, -0.05) is 12.2 Å². The second kappa shape index (κ2) is 2.95. The summed E-state index contributed by atoms with van der Waals surface area (Å²) in [5.74, 6) is 0.